The molecular weight excluding hydrogens is 488 g/mol. The van der Waals surface area contributed by atoms with Crippen LogP contribution in [0, 0.1) is 29.3 Å². The predicted octanol–water partition coefficient (Wildman–Crippen LogP) is 5.13. The van der Waals surface area contributed by atoms with Gasteiger partial charge in [-0.25, -0.2) is 13.2 Å². The molecule has 2 aliphatic rings. The number of benzene rings is 2. The molecule has 0 radical (unpaired) electrons. The second-order valence-electron chi connectivity index (χ2n) is 8.53. The molecule has 0 spiro atoms. The van der Waals surface area contributed by atoms with Gasteiger partial charge >= 0.3 is 6.18 Å². The Morgan fingerprint density at radius 2 is 1.86 bits per heavy atom. The van der Waals surface area contributed by atoms with Crippen molar-refractivity contribution in [1.82, 2.24) is 5.32 Å². The van der Waals surface area contributed by atoms with E-state index in [9.17, 15) is 35.9 Å². The Morgan fingerprint density at radius 1 is 1.11 bits per heavy atom. The van der Waals surface area contributed by atoms with Crippen molar-refractivity contribution >= 4 is 17.4 Å². The van der Waals surface area contributed by atoms with E-state index in [0.717, 1.165) is 6.07 Å². The lowest BCUT2D eigenvalue weighted by atomic mass is 9.71. The summed E-state index contributed by atoms with van der Waals surface area (Å²) in [7, 11) is 0. The summed E-state index contributed by atoms with van der Waals surface area (Å²) in [4.78, 5) is 25.4. The predicted molar refractivity (Wildman–Crippen MR) is 117 cm³/mol. The maximum absolute atomic E-state index is 14.4. The van der Waals surface area contributed by atoms with Crippen LogP contribution in [0.4, 0.5) is 26.3 Å². The molecule has 4 rings (SSSR count). The van der Waals surface area contributed by atoms with Crippen LogP contribution in [0.25, 0.3) is 5.57 Å². The fourth-order valence-electron chi connectivity index (χ4n) is 4.07. The molecule has 0 saturated heterocycles. The highest BCUT2D eigenvalue weighted by atomic mass is 19.4. The number of allylic oxidation sites excluding steroid dienone is 4. The van der Waals surface area contributed by atoms with Crippen LogP contribution in [0.3, 0.4) is 0 Å². The van der Waals surface area contributed by atoms with Gasteiger partial charge in [0.1, 0.15) is 11.6 Å². The average Bonchev–Trinajstić information content (AvgIpc) is 3.05. The molecule has 0 fully saturated rings. The van der Waals surface area contributed by atoms with Gasteiger partial charge in [-0.15, -0.1) is 0 Å². The van der Waals surface area contributed by atoms with Crippen LogP contribution in [0.1, 0.15) is 40.4 Å². The maximum Gasteiger partial charge on any atom is 0.422 e. The molecule has 0 aromatic heterocycles. The van der Waals surface area contributed by atoms with E-state index in [1.807, 2.05) is 0 Å². The molecule has 2 amide bonds. The van der Waals surface area contributed by atoms with Crippen LogP contribution in [-0.2, 0) is 21.4 Å². The van der Waals surface area contributed by atoms with Crippen molar-refractivity contribution in [3.8, 4) is 11.8 Å². The number of carbonyl (C=O) groups excluding carboxylic acids is 2. The summed E-state index contributed by atoms with van der Waals surface area (Å²) in [5.41, 5.74) is -1.05. The molecular formula is C26H17F6NO3. The fourth-order valence-corrected chi connectivity index (χ4v) is 4.07. The maximum atomic E-state index is 14.4. The zero-order valence-corrected chi connectivity index (χ0v) is 18.7. The first-order chi connectivity index (χ1) is 16.9. The van der Waals surface area contributed by atoms with E-state index < -0.39 is 59.4 Å². The smallest absolute Gasteiger partial charge is 0.422 e. The zero-order chi connectivity index (χ0) is 26.3. The van der Waals surface area contributed by atoms with E-state index in [2.05, 4.69) is 17.2 Å². The minimum Gasteiger partial charge on any atom is -0.487 e. The molecule has 4 nitrogen and oxygen atoms in total. The second kappa shape index (κ2) is 9.22. The third-order valence-electron chi connectivity index (χ3n) is 5.86. The number of nitrogens with one attached hydrogen (secondary N) is 1. The summed E-state index contributed by atoms with van der Waals surface area (Å²) >= 11 is 0. The molecule has 1 unspecified atom stereocenters. The first-order valence-corrected chi connectivity index (χ1v) is 10.6. The van der Waals surface area contributed by atoms with Gasteiger partial charge in [0, 0.05) is 11.6 Å². The number of hydrogen-bond donors (Lipinski definition) is 1. The molecule has 36 heavy (non-hydrogen) atoms. The van der Waals surface area contributed by atoms with Crippen molar-refractivity contribution in [3.63, 3.8) is 0 Å². The standard InChI is InChI=1S/C26H17F6NO3/c1-25(12-16-8-17(27)11-21(28)22(16)29)20-10-15(6-7-19(20)23(34)33-24(25)35)14-4-2-3-5-18(9-14)36-13-26(30,31)32/h4,6-11H,5,12-13H2,1H3,(H,33,34,35). The number of halogens is 6. The summed E-state index contributed by atoms with van der Waals surface area (Å²) in [5, 5.41) is 2.18. The third kappa shape index (κ3) is 5.00. The van der Waals surface area contributed by atoms with Crippen LogP contribution in [-0.4, -0.2) is 24.6 Å². The van der Waals surface area contributed by atoms with E-state index >= 15 is 0 Å². The zero-order valence-electron chi connectivity index (χ0n) is 18.7. The van der Waals surface area contributed by atoms with Crippen LogP contribution < -0.4 is 5.32 Å². The van der Waals surface area contributed by atoms with Crippen molar-refractivity contribution in [2.75, 3.05) is 6.61 Å². The summed E-state index contributed by atoms with van der Waals surface area (Å²) in [6.45, 7) is -0.102. The summed E-state index contributed by atoms with van der Waals surface area (Å²) in [5.74, 6) is 0.0183. The van der Waals surface area contributed by atoms with Gasteiger partial charge in [0.05, 0.1) is 11.8 Å². The number of hydrogen-bond acceptors (Lipinski definition) is 3. The lowest BCUT2D eigenvalue weighted by molar-refractivity contribution is -0.165. The van der Waals surface area contributed by atoms with Crippen LogP contribution >= 0.6 is 0 Å². The van der Waals surface area contributed by atoms with E-state index in [4.69, 9.17) is 4.74 Å². The minimum absolute atomic E-state index is 0.0322. The van der Waals surface area contributed by atoms with Gasteiger partial charge in [0.25, 0.3) is 5.91 Å². The van der Waals surface area contributed by atoms with E-state index in [0.29, 0.717) is 17.2 Å². The number of fused-ring (bicyclic) bond motifs is 1. The lowest BCUT2D eigenvalue weighted by Gasteiger charge is -2.34. The highest BCUT2D eigenvalue weighted by Gasteiger charge is 2.44. The van der Waals surface area contributed by atoms with Crippen LogP contribution in [0.15, 0.2) is 48.2 Å². The number of alkyl halides is 3. The van der Waals surface area contributed by atoms with Gasteiger partial charge in [0.15, 0.2) is 18.2 Å². The molecule has 0 saturated carbocycles. The fraction of sp³-hybridized carbons (Fsp3) is 0.231. The molecule has 1 aliphatic carbocycles. The number of amides is 2. The van der Waals surface area contributed by atoms with Gasteiger partial charge < -0.3 is 4.74 Å². The molecule has 0 bridgehead atoms. The quantitative estimate of drug-likeness (QED) is 0.266. The number of carbonyl (C=O) groups is 2. The Hall–Kier alpha value is -4.00. The van der Waals surface area contributed by atoms with E-state index in [-0.39, 0.29) is 23.3 Å². The van der Waals surface area contributed by atoms with Gasteiger partial charge in [-0.1, -0.05) is 17.9 Å². The Labute approximate surface area is 201 Å². The van der Waals surface area contributed by atoms with Crippen LogP contribution in [0.2, 0.25) is 0 Å². The number of imide groups is 1. The molecule has 2 aromatic rings. The first kappa shape index (κ1) is 25.1. The molecule has 186 valence electrons. The van der Waals surface area contributed by atoms with Gasteiger partial charge in [-0.3, -0.25) is 14.9 Å². The number of ether oxygens (including phenoxy) is 1. The first-order valence-electron chi connectivity index (χ1n) is 10.6. The SMILES string of the molecule is CC1(Cc2cc(F)cc(F)c2F)C(=O)NC(=O)c2ccc(C3=CC#CCC(OCC(F)(F)F)=C3)cc21. The molecule has 1 aliphatic heterocycles. The Morgan fingerprint density at radius 3 is 2.58 bits per heavy atom. The monoisotopic (exact) mass is 505 g/mol. The number of rotatable bonds is 5. The van der Waals surface area contributed by atoms with E-state index in [1.165, 1.54) is 37.3 Å². The highest BCUT2D eigenvalue weighted by molar-refractivity contribution is 6.13. The second-order valence-corrected chi connectivity index (χ2v) is 8.53. The molecule has 10 heteroatoms. The van der Waals surface area contributed by atoms with Gasteiger partial charge in [0.2, 0.25) is 5.91 Å². The highest BCUT2D eigenvalue weighted by Crippen LogP contribution is 2.37. The van der Waals surface area contributed by atoms with Gasteiger partial charge in [-0.05, 0) is 66.0 Å². The molecule has 1 N–H and O–H groups in total. The lowest BCUT2D eigenvalue weighted by Crippen LogP contribution is -2.51. The average molecular weight is 505 g/mol. The summed E-state index contributed by atoms with van der Waals surface area (Å²) < 4.78 is 84.7. The Kier molecular flexibility index (Phi) is 6.43. The molecule has 1 atom stereocenters. The van der Waals surface area contributed by atoms with Gasteiger partial charge in [-0.2, -0.15) is 13.2 Å². The van der Waals surface area contributed by atoms with Crippen LogP contribution in [0.5, 0.6) is 0 Å². The van der Waals surface area contributed by atoms with E-state index in [1.54, 1.807) is 0 Å². The largest absolute Gasteiger partial charge is 0.487 e. The normalized spacial score (nSPS) is 19.3. The van der Waals surface area contributed by atoms with Crippen molar-refractivity contribution < 1.29 is 40.7 Å². The molecule has 1 heterocycles. The van der Waals surface area contributed by atoms with Crippen molar-refractivity contribution in [3.05, 3.63) is 87.9 Å². The summed E-state index contributed by atoms with van der Waals surface area (Å²) in [6.07, 6.45) is -2.29. The molecule has 2 aromatic carbocycles. The Balaban J connectivity index is 1.77. The van der Waals surface area contributed by atoms with Crippen molar-refractivity contribution in [2.45, 2.75) is 31.4 Å². The van der Waals surface area contributed by atoms with Crippen molar-refractivity contribution in [2.24, 2.45) is 0 Å². The topological polar surface area (TPSA) is 55.4 Å². The minimum atomic E-state index is -4.54. The third-order valence-corrected chi connectivity index (χ3v) is 5.86. The van der Waals surface area contributed by atoms with Crippen molar-refractivity contribution in [1.29, 1.82) is 0 Å². The Bertz CT molecular complexity index is 1400. The summed E-state index contributed by atoms with van der Waals surface area (Å²) in [6, 6.07) is 5.51.